The number of nitrogens with zero attached hydrogens (tertiary/aromatic N) is 1. The molecule has 2 N–H and O–H groups in total. The first-order chi connectivity index (χ1) is 10.6. The van der Waals surface area contributed by atoms with E-state index in [1.807, 2.05) is 51.1 Å². The fourth-order valence-electron chi connectivity index (χ4n) is 2.17. The zero-order chi connectivity index (χ0) is 15.9. The number of benzene rings is 1. The number of carbonyl (C=O) groups excluding carboxylic acids is 1. The van der Waals surface area contributed by atoms with E-state index >= 15 is 0 Å². The van der Waals surface area contributed by atoms with Crippen molar-refractivity contribution in [2.24, 2.45) is 0 Å². The van der Waals surface area contributed by atoms with Gasteiger partial charge in [0.1, 0.15) is 0 Å². The molecule has 1 aromatic heterocycles. The second-order valence-corrected chi connectivity index (χ2v) is 4.98. The number of aryl methyl sites for hydroxylation is 2. The highest BCUT2D eigenvalue weighted by molar-refractivity contribution is 5.90. The van der Waals surface area contributed by atoms with E-state index in [-0.39, 0.29) is 6.03 Å². The van der Waals surface area contributed by atoms with Crippen LogP contribution in [0.3, 0.4) is 0 Å². The molecule has 5 heteroatoms. The standard InChI is InChI=1S/C17H21N3O2/c1-4-22-16-14(9-6-10-18-16)11-19-17(21)20-15-12(2)7-5-8-13(15)3/h5-10H,4,11H2,1-3H3,(H2,19,20,21). The number of amides is 2. The fraction of sp³-hybridized carbons (Fsp3) is 0.294. The molecule has 1 aromatic carbocycles. The first kappa shape index (κ1) is 15.8. The number of rotatable bonds is 5. The van der Waals surface area contributed by atoms with E-state index in [1.54, 1.807) is 6.20 Å². The Kier molecular flexibility index (Phi) is 5.36. The van der Waals surface area contributed by atoms with Crippen molar-refractivity contribution in [2.45, 2.75) is 27.3 Å². The van der Waals surface area contributed by atoms with E-state index in [0.717, 1.165) is 22.4 Å². The second-order valence-electron chi connectivity index (χ2n) is 4.98. The molecule has 0 aliphatic heterocycles. The van der Waals surface area contributed by atoms with Gasteiger partial charge in [0.25, 0.3) is 0 Å². The largest absolute Gasteiger partial charge is 0.478 e. The van der Waals surface area contributed by atoms with E-state index < -0.39 is 0 Å². The maximum atomic E-state index is 12.1. The summed E-state index contributed by atoms with van der Waals surface area (Å²) in [7, 11) is 0. The maximum absolute atomic E-state index is 12.1. The van der Waals surface area contributed by atoms with Crippen LogP contribution in [0.25, 0.3) is 0 Å². The van der Waals surface area contributed by atoms with Crippen molar-refractivity contribution in [1.82, 2.24) is 10.3 Å². The Labute approximate surface area is 130 Å². The normalized spacial score (nSPS) is 10.1. The fourth-order valence-corrected chi connectivity index (χ4v) is 2.17. The number of ether oxygens (including phenoxy) is 1. The van der Waals surface area contributed by atoms with E-state index in [0.29, 0.717) is 19.0 Å². The summed E-state index contributed by atoms with van der Waals surface area (Å²) in [6.45, 7) is 6.74. The highest BCUT2D eigenvalue weighted by atomic mass is 16.5. The van der Waals surface area contributed by atoms with Gasteiger partial charge in [-0.15, -0.1) is 0 Å². The molecule has 1 heterocycles. The van der Waals surface area contributed by atoms with Gasteiger partial charge in [-0.3, -0.25) is 0 Å². The first-order valence-electron chi connectivity index (χ1n) is 7.29. The van der Waals surface area contributed by atoms with Crippen LogP contribution in [0.2, 0.25) is 0 Å². The van der Waals surface area contributed by atoms with Crippen LogP contribution in [-0.2, 0) is 6.54 Å². The van der Waals surface area contributed by atoms with Crippen molar-refractivity contribution in [3.05, 3.63) is 53.2 Å². The monoisotopic (exact) mass is 299 g/mol. The summed E-state index contributed by atoms with van der Waals surface area (Å²) < 4.78 is 5.44. The molecule has 0 aliphatic rings. The molecule has 2 rings (SSSR count). The quantitative estimate of drug-likeness (QED) is 0.889. The Morgan fingerprint density at radius 3 is 2.59 bits per heavy atom. The van der Waals surface area contributed by atoms with E-state index in [9.17, 15) is 4.79 Å². The van der Waals surface area contributed by atoms with Gasteiger partial charge in [-0.05, 0) is 38.0 Å². The molecule has 116 valence electrons. The summed E-state index contributed by atoms with van der Waals surface area (Å²) in [4.78, 5) is 16.2. The highest BCUT2D eigenvalue weighted by Crippen LogP contribution is 2.19. The number of urea groups is 1. The summed E-state index contributed by atoms with van der Waals surface area (Å²) in [6, 6.07) is 9.37. The van der Waals surface area contributed by atoms with Crippen molar-refractivity contribution in [2.75, 3.05) is 11.9 Å². The van der Waals surface area contributed by atoms with E-state index in [2.05, 4.69) is 15.6 Å². The van der Waals surface area contributed by atoms with Crippen molar-refractivity contribution in [3.63, 3.8) is 0 Å². The van der Waals surface area contributed by atoms with Gasteiger partial charge in [-0.2, -0.15) is 0 Å². The Hall–Kier alpha value is -2.56. The molecule has 2 amide bonds. The molecule has 2 aromatic rings. The van der Waals surface area contributed by atoms with Gasteiger partial charge in [0.05, 0.1) is 6.61 Å². The molecule has 0 aliphatic carbocycles. The number of hydrogen-bond acceptors (Lipinski definition) is 3. The lowest BCUT2D eigenvalue weighted by Crippen LogP contribution is -2.29. The summed E-state index contributed by atoms with van der Waals surface area (Å²) in [5.41, 5.74) is 3.76. The van der Waals surface area contributed by atoms with Crippen LogP contribution in [0.5, 0.6) is 5.88 Å². The van der Waals surface area contributed by atoms with Gasteiger partial charge in [0.15, 0.2) is 0 Å². The average Bonchev–Trinajstić information content (AvgIpc) is 2.50. The number of anilines is 1. The Balaban J connectivity index is 1.99. The predicted molar refractivity (Wildman–Crippen MR) is 87.2 cm³/mol. The summed E-state index contributed by atoms with van der Waals surface area (Å²) in [5.74, 6) is 0.553. The lowest BCUT2D eigenvalue weighted by molar-refractivity contribution is 0.251. The van der Waals surface area contributed by atoms with Crippen LogP contribution in [-0.4, -0.2) is 17.6 Å². The third kappa shape index (κ3) is 3.97. The summed E-state index contributed by atoms with van der Waals surface area (Å²) >= 11 is 0. The van der Waals surface area contributed by atoms with Crippen molar-refractivity contribution < 1.29 is 9.53 Å². The number of aromatic nitrogens is 1. The summed E-state index contributed by atoms with van der Waals surface area (Å²) in [5, 5.41) is 5.72. The maximum Gasteiger partial charge on any atom is 0.319 e. The number of hydrogen-bond donors (Lipinski definition) is 2. The van der Waals surface area contributed by atoms with Gasteiger partial charge in [0.2, 0.25) is 5.88 Å². The number of nitrogens with one attached hydrogen (secondary N) is 2. The highest BCUT2D eigenvalue weighted by Gasteiger charge is 2.09. The molecule has 0 spiro atoms. The van der Waals surface area contributed by atoms with Gasteiger partial charge < -0.3 is 15.4 Å². The Morgan fingerprint density at radius 1 is 1.18 bits per heavy atom. The third-order valence-corrected chi connectivity index (χ3v) is 3.29. The van der Waals surface area contributed by atoms with Gasteiger partial charge in [0, 0.05) is 24.0 Å². The third-order valence-electron chi connectivity index (χ3n) is 3.29. The van der Waals surface area contributed by atoms with Crippen LogP contribution < -0.4 is 15.4 Å². The molecule has 5 nitrogen and oxygen atoms in total. The first-order valence-corrected chi connectivity index (χ1v) is 7.29. The minimum absolute atomic E-state index is 0.247. The molecule has 0 radical (unpaired) electrons. The zero-order valence-corrected chi connectivity index (χ0v) is 13.1. The smallest absolute Gasteiger partial charge is 0.319 e. The molecular weight excluding hydrogens is 278 g/mol. The van der Waals surface area contributed by atoms with Crippen LogP contribution in [0, 0.1) is 13.8 Å². The van der Waals surface area contributed by atoms with Crippen molar-refractivity contribution >= 4 is 11.7 Å². The number of carbonyl (C=O) groups is 1. The zero-order valence-electron chi connectivity index (χ0n) is 13.1. The van der Waals surface area contributed by atoms with E-state index in [4.69, 9.17) is 4.74 Å². The van der Waals surface area contributed by atoms with Crippen LogP contribution >= 0.6 is 0 Å². The molecule has 0 fully saturated rings. The molecule has 0 bridgehead atoms. The molecular formula is C17H21N3O2. The van der Waals surface area contributed by atoms with E-state index in [1.165, 1.54) is 0 Å². The van der Waals surface area contributed by atoms with Crippen molar-refractivity contribution in [1.29, 1.82) is 0 Å². The number of para-hydroxylation sites is 1. The van der Waals surface area contributed by atoms with Gasteiger partial charge >= 0.3 is 6.03 Å². The van der Waals surface area contributed by atoms with Crippen LogP contribution in [0.15, 0.2) is 36.5 Å². The minimum Gasteiger partial charge on any atom is -0.478 e. The van der Waals surface area contributed by atoms with Gasteiger partial charge in [-0.1, -0.05) is 24.3 Å². The topological polar surface area (TPSA) is 63.2 Å². The lowest BCUT2D eigenvalue weighted by Gasteiger charge is -2.13. The molecule has 0 saturated heterocycles. The SMILES string of the molecule is CCOc1ncccc1CNC(=O)Nc1c(C)cccc1C. The molecule has 0 saturated carbocycles. The Bertz CT molecular complexity index is 636. The minimum atomic E-state index is -0.247. The molecule has 0 atom stereocenters. The average molecular weight is 299 g/mol. The van der Waals surface area contributed by atoms with Gasteiger partial charge in [-0.25, -0.2) is 9.78 Å². The molecule has 22 heavy (non-hydrogen) atoms. The van der Waals surface area contributed by atoms with Crippen LogP contribution in [0.4, 0.5) is 10.5 Å². The van der Waals surface area contributed by atoms with Crippen molar-refractivity contribution in [3.8, 4) is 5.88 Å². The predicted octanol–water partition coefficient (Wildman–Crippen LogP) is 3.42. The second kappa shape index (κ2) is 7.45. The Morgan fingerprint density at radius 2 is 1.91 bits per heavy atom. The lowest BCUT2D eigenvalue weighted by atomic mass is 10.1. The number of pyridine rings is 1. The summed E-state index contributed by atoms with van der Waals surface area (Å²) in [6.07, 6.45) is 1.67. The molecule has 0 unspecified atom stereocenters. The van der Waals surface area contributed by atoms with Crippen LogP contribution in [0.1, 0.15) is 23.6 Å².